The summed E-state index contributed by atoms with van der Waals surface area (Å²) in [5.74, 6) is 0. The molecule has 0 saturated heterocycles. The molecule has 0 bridgehead atoms. The fourth-order valence-corrected chi connectivity index (χ4v) is 0. The van der Waals surface area contributed by atoms with Crippen LogP contribution in [-0.4, -0.2) is 24.5 Å². The molecule has 0 aromatic rings. The van der Waals surface area contributed by atoms with E-state index in [0.29, 0.717) is 0 Å². The van der Waals surface area contributed by atoms with Crippen molar-refractivity contribution in [2.45, 2.75) is 0 Å². The standard InChI is InChI=1S/Na.2H3O4P.H3P/c;2*1-5(2,3)4;/h;2*(H3,1,2,3,4);1H3/q+1;;;/p-1. The van der Waals surface area contributed by atoms with Gasteiger partial charge in [-0.1, -0.05) is 0 Å². The summed E-state index contributed by atoms with van der Waals surface area (Å²) in [5.41, 5.74) is 0. The predicted molar refractivity (Wildman–Crippen MR) is 37.4 cm³/mol. The average molecular weight is 252 g/mol. The Morgan fingerprint density at radius 2 is 0.917 bits per heavy atom. The number of hydrogen-bond acceptors (Lipinski definition) is 3. The second-order valence-electron chi connectivity index (χ2n) is 1.00. The van der Waals surface area contributed by atoms with Crippen molar-refractivity contribution in [1.82, 2.24) is 0 Å². The van der Waals surface area contributed by atoms with Gasteiger partial charge in [-0.05, 0) is 0 Å². The van der Waals surface area contributed by atoms with Crippen LogP contribution in [0.4, 0.5) is 0 Å². The maximum atomic E-state index is 8.88. The largest absolute Gasteiger partial charge is 1.00 e. The van der Waals surface area contributed by atoms with E-state index < -0.39 is 15.6 Å². The fourth-order valence-electron chi connectivity index (χ4n) is 0. The minimum absolute atomic E-state index is 0. The van der Waals surface area contributed by atoms with Crippen LogP contribution >= 0.6 is 25.5 Å². The van der Waals surface area contributed by atoms with Gasteiger partial charge < -0.3 is 29.4 Å². The van der Waals surface area contributed by atoms with Gasteiger partial charge in [-0.15, -0.1) is 0 Å². The molecule has 0 aliphatic heterocycles. The van der Waals surface area contributed by atoms with E-state index in [2.05, 4.69) is 0 Å². The van der Waals surface area contributed by atoms with Gasteiger partial charge in [-0.3, -0.25) is 4.57 Å². The summed E-state index contributed by atoms with van der Waals surface area (Å²) in [6.07, 6.45) is 0. The summed E-state index contributed by atoms with van der Waals surface area (Å²) in [7, 11) is -9.53. The molecule has 5 N–H and O–H groups in total. The smallest absolute Gasteiger partial charge is 0.756 e. The van der Waals surface area contributed by atoms with Crippen molar-refractivity contribution in [2.75, 3.05) is 0 Å². The quantitative estimate of drug-likeness (QED) is 0.211. The summed E-state index contributed by atoms with van der Waals surface area (Å²) in [4.78, 5) is 44.5. The molecule has 1 atom stereocenters. The second-order valence-corrected chi connectivity index (χ2v) is 3.01. The Labute approximate surface area is 93.4 Å². The number of phosphoric acid groups is 2. The second kappa shape index (κ2) is 9.21. The van der Waals surface area contributed by atoms with Crippen LogP contribution in [0.3, 0.4) is 0 Å². The number of rotatable bonds is 0. The first kappa shape index (κ1) is 23.5. The molecule has 0 saturated carbocycles. The van der Waals surface area contributed by atoms with Gasteiger partial charge in [0.2, 0.25) is 0 Å². The monoisotopic (exact) mass is 252 g/mol. The van der Waals surface area contributed by atoms with Gasteiger partial charge in [0.25, 0.3) is 7.82 Å². The van der Waals surface area contributed by atoms with Crippen LogP contribution in [0.5, 0.6) is 0 Å². The molecular formula is H8NaO8P3. The zero-order valence-electron chi connectivity index (χ0n) is 6.06. The Bertz CT molecular complexity index is 127. The molecule has 8 nitrogen and oxygen atoms in total. The van der Waals surface area contributed by atoms with E-state index in [-0.39, 0.29) is 39.5 Å². The molecule has 0 fully saturated rings. The third kappa shape index (κ3) is 485. The van der Waals surface area contributed by atoms with Crippen molar-refractivity contribution in [3.63, 3.8) is 0 Å². The molecule has 0 radical (unpaired) electrons. The van der Waals surface area contributed by atoms with Gasteiger partial charge in [0.05, 0.1) is 0 Å². The van der Waals surface area contributed by atoms with Crippen LogP contribution in [0.1, 0.15) is 0 Å². The molecule has 0 rings (SSSR count). The maximum Gasteiger partial charge on any atom is 1.00 e. The van der Waals surface area contributed by atoms with Crippen molar-refractivity contribution in [2.24, 2.45) is 0 Å². The minimum atomic E-state index is -4.89. The molecule has 1 unspecified atom stereocenters. The molecule has 0 aliphatic rings. The first-order chi connectivity index (χ1) is 4.00. The summed E-state index contributed by atoms with van der Waals surface area (Å²) in [5, 5.41) is 0. The molecule has 0 aromatic carbocycles. The van der Waals surface area contributed by atoms with E-state index in [4.69, 9.17) is 38.5 Å². The number of hydrogen-bond donors (Lipinski definition) is 5. The molecular weight excluding hydrogens is 244 g/mol. The van der Waals surface area contributed by atoms with Crippen molar-refractivity contribution >= 4 is 25.5 Å². The molecule has 0 aliphatic carbocycles. The molecule has 0 spiro atoms. The average Bonchev–Trinajstić information content (AvgIpc) is 1.12. The Hall–Kier alpha value is 1.65. The molecule has 12 heteroatoms. The van der Waals surface area contributed by atoms with Crippen molar-refractivity contribution in [3.05, 3.63) is 0 Å². The van der Waals surface area contributed by atoms with Crippen LogP contribution < -0.4 is 34.5 Å². The summed E-state index contributed by atoms with van der Waals surface area (Å²) in [6, 6.07) is 0. The van der Waals surface area contributed by atoms with Crippen molar-refractivity contribution in [3.8, 4) is 0 Å². The zero-order valence-corrected chi connectivity index (χ0v) is 11.3. The third-order valence-corrected chi connectivity index (χ3v) is 0. The maximum absolute atomic E-state index is 8.88. The van der Waals surface area contributed by atoms with Gasteiger partial charge in [0, 0.05) is 0 Å². The van der Waals surface area contributed by atoms with Crippen LogP contribution in [-0.2, 0) is 9.13 Å². The Morgan fingerprint density at radius 1 is 0.917 bits per heavy atom. The van der Waals surface area contributed by atoms with E-state index >= 15 is 0 Å². The molecule has 72 valence electrons. The van der Waals surface area contributed by atoms with Crippen LogP contribution in [0.25, 0.3) is 0 Å². The Balaban J connectivity index is -0.0000000457. The van der Waals surface area contributed by atoms with Crippen LogP contribution in [0.15, 0.2) is 0 Å². The summed E-state index contributed by atoms with van der Waals surface area (Å²) < 4.78 is 17.7. The van der Waals surface area contributed by atoms with Crippen LogP contribution in [0.2, 0.25) is 0 Å². The SMILES string of the molecule is O=P(O)(O)O.O=P([O-])(O)O.P.[Na+]. The van der Waals surface area contributed by atoms with Gasteiger partial charge in [-0.25, -0.2) is 4.57 Å². The summed E-state index contributed by atoms with van der Waals surface area (Å²) >= 11 is 0. The molecule has 0 aromatic heterocycles. The topological polar surface area (TPSA) is 158 Å². The van der Waals surface area contributed by atoms with Gasteiger partial charge in [0.1, 0.15) is 0 Å². The summed E-state index contributed by atoms with van der Waals surface area (Å²) in [6.45, 7) is 0. The van der Waals surface area contributed by atoms with Gasteiger partial charge in [-0.2, -0.15) is 9.90 Å². The zero-order chi connectivity index (χ0) is 9.00. The van der Waals surface area contributed by atoms with Crippen molar-refractivity contribution in [1.29, 1.82) is 0 Å². The first-order valence-electron chi connectivity index (χ1n) is 1.55. The van der Waals surface area contributed by atoms with Crippen molar-refractivity contribution < 1.29 is 68.0 Å². The molecule has 0 heterocycles. The normalized spacial score (nSPS) is 9.83. The van der Waals surface area contributed by atoms with E-state index in [1.165, 1.54) is 0 Å². The van der Waals surface area contributed by atoms with Gasteiger partial charge >= 0.3 is 37.4 Å². The minimum Gasteiger partial charge on any atom is -0.756 e. The van der Waals surface area contributed by atoms with E-state index in [1.807, 2.05) is 0 Å². The van der Waals surface area contributed by atoms with E-state index in [0.717, 1.165) is 0 Å². The van der Waals surface area contributed by atoms with E-state index in [9.17, 15) is 0 Å². The van der Waals surface area contributed by atoms with Crippen LogP contribution in [0, 0.1) is 0 Å². The Kier molecular flexibility index (Phi) is 18.0. The Morgan fingerprint density at radius 3 is 0.917 bits per heavy atom. The molecule has 0 amide bonds. The first-order valence-corrected chi connectivity index (χ1v) is 4.64. The van der Waals surface area contributed by atoms with Gasteiger partial charge in [0.15, 0.2) is 0 Å². The molecule has 12 heavy (non-hydrogen) atoms. The third-order valence-electron chi connectivity index (χ3n) is 0. The predicted octanol–water partition coefficient (Wildman–Crippen LogP) is -5.43. The fraction of sp³-hybridized carbons (Fsp3) is 0. The van der Waals surface area contributed by atoms with E-state index in [1.54, 1.807) is 0 Å².